The number of Topliss-reactive ketones (excluding diaryl/α,β-unsaturated/α-hetero) is 1. The van der Waals surface area contributed by atoms with Gasteiger partial charge in [-0.2, -0.15) is 0 Å². The number of aliphatic hydroxyl groups is 1. The van der Waals surface area contributed by atoms with Crippen LogP contribution in [0.3, 0.4) is 0 Å². The second kappa shape index (κ2) is 11.2. The Labute approximate surface area is 255 Å². The minimum atomic E-state index is -1.50. The maximum atomic E-state index is 13.2. The van der Waals surface area contributed by atoms with E-state index in [1.165, 1.54) is 19.2 Å². The van der Waals surface area contributed by atoms with Crippen molar-refractivity contribution in [3.63, 3.8) is 0 Å². The lowest BCUT2D eigenvalue weighted by Gasteiger charge is -2.47. The predicted molar refractivity (Wildman–Crippen MR) is 161 cm³/mol. The fourth-order valence-corrected chi connectivity index (χ4v) is 5.92. The zero-order valence-corrected chi connectivity index (χ0v) is 24.9. The van der Waals surface area contributed by atoms with Gasteiger partial charge < -0.3 is 43.7 Å². The number of nitrogens with two attached hydrogens (primary N) is 1. The van der Waals surface area contributed by atoms with Gasteiger partial charge in [-0.3, -0.25) is 4.79 Å². The number of furan rings is 1. The van der Waals surface area contributed by atoms with Crippen LogP contribution >= 0.6 is 0 Å². The summed E-state index contributed by atoms with van der Waals surface area (Å²) in [6.45, 7) is 4.93. The van der Waals surface area contributed by atoms with Gasteiger partial charge in [-0.05, 0) is 51.1 Å². The molecule has 4 N–H and O–H groups in total. The first-order valence-electron chi connectivity index (χ1n) is 14.1. The summed E-state index contributed by atoms with van der Waals surface area (Å²) in [4.78, 5) is 37.9. The number of amides is 1. The molecule has 1 fully saturated rings. The van der Waals surface area contributed by atoms with E-state index in [9.17, 15) is 24.6 Å². The van der Waals surface area contributed by atoms with Crippen molar-refractivity contribution in [2.24, 2.45) is 5.73 Å². The molecule has 45 heavy (non-hydrogen) atoms. The van der Waals surface area contributed by atoms with Crippen molar-refractivity contribution in [2.75, 3.05) is 7.11 Å². The monoisotopic (exact) mass is 617 g/mol. The lowest BCUT2D eigenvalue weighted by Crippen LogP contribution is -2.65. The summed E-state index contributed by atoms with van der Waals surface area (Å²) in [5, 5.41) is 24.0. The minimum absolute atomic E-state index is 0.0131. The topological polar surface area (TPSA) is 181 Å². The van der Waals surface area contributed by atoms with Crippen LogP contribution < -0.4 is 16.1 Å². The number of aliphatic hydroxyl groups excluding tert-OH is 1. The van der Waals surface area contributed by atoms with Gasteiger partial charge in [-0.1, -0.05) is 24.3 Å². The molecule has 0 radical (unpaired) electrons. The highest BCUT2D eigenvalue weighted by atomic mass is 16.7. The number of hydrogen-bond acceptors (Lipinski definition) is 11. The second-order valence-electron chi connectivity index (χ2n) is 11.4. The summed E-state index contributed by atoms with van der Waals surface area (Å²) >= 11 is 0. The molecule has 1 aliphatic heterocycles. The fraction of sp³-hybridized carbons (Fsp3) is 0.303. The normalized spacial score (nSPS) is 21.3. The van der Waals surface area contributed by atoms with Gasteiger partial charge in [0, 0.05) is 35.4 Å². The molecule has 0 aliphatic carbocycles. The van der Waals surface area contributed by atoms with E-state index in [1.807, 2.05) is 24.3 Å². The number of primary amides is 1. The van der Waals surface area contributed by atoms with Gasteiger partial charge in [0.25, 0.3) is 0 Å². The molecule has 1 aliphatic rings. The number of rotatable bonds is 7. The van der Waals surface area contributed by atoms with Crippen LogP contribution in [0.4, 0.5) is 4.79 Å². The van der Waals surface area contributed by atoms with Gasteiger partial charge in [0.1, 0.15) is 34.4 Å². The third-order valence-electron chi connectivity index (χ3n) is 8.14. The molecule has 3 heterocycles. The highest BCUT2D eigenvalue weighted by Gasteiger charge is 2.53. The Morgan fingerprint density at radius 3 is 2.44 bits per heavy atom. The SMILES string of the molecule is CO[C@@H]1[C@@H](OC(N)=O)[C@@H](O)[C@H](Oc2ccc3c(O)c(CC(=O)c4ccc5c(c4)oc4ccccc45)c(=O)oc3c2C)OC1(C)C. The van der Waals surface area contributed by atoms with E-state index in [1.54, 1.807) is 39.0 Å². The van der Waals surface area contributed by atoms with Crippen molar-refractivity contribution in [2.45, 2.75) is 57.4 Å². The Hall–Kier alpha value is -4.91. The van der Waals surface area contributed by atoms with E-state index in [-0.39, 0.29) is 22.3 Å². The van der Waals surface area contributed by atoms with Gasteiger partial charge in [0.2, 0.25) is 6.29 Å². The van der Waals surface area contributed by atoms with Crippen LogP contribution in [0, 0.1) is 6.92 Å². The Kier molecular flexibility index (Phi) is 7.51. The van der Waals surface area contributed by atoms with E-state index >= 15 is 0 Å². The molecule has 0 bridgehead atoms. The van der Waals surface area contributed by atoms with Crippen molar-refractivity contribution < 1.29 is 47.6 Å². The number of carbonyl (C=O) groups excluding carboxylic acids is 2. The Morgan fingerprint density at radius 1 is 1.00 bits per heavy atom. The number of ketones is 1. The smallest absolute Gasteiger partial charge is 0.404 e. The number of aromatic hydroxyl groups is 1. The van der Waals surface area contributed by atoms with Crippen LogP contribution in [0.25, 0.3) is 32.9 Å². The summed E-state index contributed by atoms with van der Waals surface area (Å²) in [7, 11) is 1.38. The second-order valence-corrected chi connectivity index (χ2v) is 11.4. The van der Waals surface area contributed by atoms with Crippen molar-refractivity contribution in [3.05, 3.63) is 81.7 Å². The highest BCUT2D eigenvalue weighted by Crippen LogP contribution is 2.38. The predicted octanol–water partition coefficient (Wildman–Crippen LogP) is 4.49. The molecule has 6 rings (SSSR count). The first-order chi connectivity index (χ1) is 21.4. The Balaban J connectivity index is 1.28. The van der Waals surface area contributed by atoms with Crippen LogP contribution in [-0.2, 0) is 20.6 Å². The van der Waals surface area contributed by atoms with E-state index in [0.29, 0.717) is 22.3 Å². The number of para-hydroxylation sites is 1. The number of methoxy groups -OCH3 is 1. The Morgan fingerprint density at radius 2 is 1.71 bits per heavy atom. The molecule has 12 nitrogen and oxygen atoms in total. The third-order valence-corrected chi connectivity index (χ3v) is 8.14. The zero-order chi connectivity index (χ0) is 32.2. The average molecular weight is 618 g/mol. The van der Waals surface area contributed by atoms with Crippen LogP contribution in [0.5, 0.6) is 11.5 Å². The number of carbonyl (C=O) groups is 2. The van der Waals surface area contributed by atoms with Crippen molar-refractivity contribution in [1.29, 1.82) is 0 Å². The molecule has 0 saturated carbocycles. The molecule has 1 saturated heterocycles. The lowest BCUT2D eigenvalue weighted by atomic mass is 9.89. The van der Waals surface area contributed by atoms with Crippen molar-refractivity contribution >= 4 is 44.8 Å². The molecule has 5 aromatic rings. The van der Waals surface area contributed by atoms with Crippen LogP contribution in [0.2, 0.25) is 0 Å². The molecule has 0 spiro atoms. The van der Waals surface area contributed by atoms with Gasteiger partial charge in [0.05, 0.1) is 16.6 Å². The molecule has 1 amide bonds. The quantitative estimate of drug-likeness (QED) is 0.173. The summed E-state index contributed by atoms with van der Waals surface area (Å²) in [5.41, 5.74) is 4.89. The van der Waals surface area contributed by atoms with Gasteiger partial charge >= 0.3 is 11.7 Å². The average Bonchev–Trinajstić information content (AvgIpc) is 3.37. The third kappa shape index (κ3) is 5.26. The van der Waals surface area contributed by atoms with Gasteiger partial charge in [0.15, 0.2) is 18.0 Å². The molecule has 3 aromatic carbocycles. The van der Waals surface area contributed by atoms with Crippen molar-refractivity contribution in [3.8, 4) is 11.5 Å². The first-order valence-corrected chi connectivity index (χ1v) is 14.1. The van der Waals surface area contributed by atoms with E-state index in [4.69, 9.17) is 33.5 Å². The number of benzene rings is 3. The summed E-state index contributed by atoms with van der Waals surface area (Å²) in [5.74, 6) is -0.660. The molecular weight excluding hydrogens is 586 g/mol. The lowest BCUT2D eigenvalue weighted by molar-refractivity contribution is -0.304. The number of fused-ring (bicyclic) bond motifs is 4. The summed E-state index contributed by atoms with van der Waals surface area (Å²) in [6.07, 6.45) is -6.44. The largest absolute Gasteiger partial charge is 0.507 e. The minimum Gasteiger partial charge on any atom is -0.507 e. The van der Waals surface area contributed by atoms with E-state index in [0.717, 1.165) is 10.8 Å². The maximum absolute atomic E-state index is 13.2. The molecular formula is C33H31NO11. The maximum Gasteiger partial charge on any atom is 0.404 e. The molecule has 12 heteroatoms. The molecule has 4 atom stereocenters. The number of aryl methyl sites for hydroxylation is 1. The number of ether oxygens (including phenoxy) is 4. The van der Waals surface area contributed by atoms with Crippen LogP contribution in [-0.4, -0.2) is 59.4 Å². The first kappa shape index (κ1) is 30.1. The Bertz CT molecular complexity index is 2020. The van der Waals surface area contributed by atoms with Crippen LogP contribution in [0.15, 0.2) is 68.2 Å². The highest BCUT2D eigenvalue weighted by molar-refractivity contribution is 6.08. The summed E-state index contributed by atoms with van der Waals surface area (Å²) in [6, 6.07) is 15.5. The van der Waals surface area contributed by atoms with E-state index in [2.05, 4.69) is 0 Å². The zero-order valence-electron chi connectivity index (χ0n) is 24.9. The molecule has 0 unspecified atom stereocenters. The fourth-order valence-electron chi connectivity index (χ4n) is 5.92. The van der Waals surface area contributed by atoms with Gasteiger partial charge in [-0.25, -0.2) is 9.59 Å². The van der Waals surface area contributed by atoms with Crippen molar-refractivity contribution in [1.82, 2.24) is 0 Å². The number of hydrogen-bond donors (Lipinski definition) is 3. The molecule has 234 valence electrons. The standard InChI is InChI=1S/C33H31NO11/c1-15-22(42-31-26(37)28(44-32(34)39)29(40-4)33(2,3)45-31)12-11-19-25(36)20(30(38)43-27(15)19)14-21(35)16-9-10-18-17-7-5-6-8-23(17)41-24(18)13-16/h5-13,26,28-29,31,36-37H,14H2,1-4H3,(H2,34,39)/t26-,28+,29-,31-/m1/s1. The van der Waals surface area contributed by atoms with E-state index < -0.39 is 59.9 Å². The van der Waals surface area contributed by atoms with Crippen LogP contribution in [0.1, 0.15) is 35.3 Å². The summed E-state index contributed by atoms with van der Waals surface area (Å²) < 4.78 is 33.9. The van der Waals surface area contributed by atoms with Gasteiger partial charge in [-0.15, -0.1) is 0 Å². The molecule has 2 aromatic heterocycles.